The average Bonchev–Trinajstić information content (AvgIpc) is 2.49. The Hall–Kier alpha value is -0.510. The summed E-state index contributed by atoms with van der Waals surface area (Å²) in [5.74, 6) is 0.703. The monoisotopic (exact) mass is 186 g/mol. The Morgan fingerprint density at radius 3 is 2.92 bits per heavy atom. The first-order valence-corrected chi connectivity index (χ1v) is 4.74. The van der Waals surface area contributed by atoms with Crippen LogP contribution in [0.5, 0.6) is 0 Å². The molecule has 1 aliphatic rings. The molecule has 0 aromatic heterocycles. The number of nitrogens with zero attached hydrogens (tertiary/aromatic N) is 1. The fourth-order valence-corrected chi connectivity index (χ4v) is 1.39. The van der Waals surface area contributed by atoms with E-state index in [-0.39, 0.29) is 11.8 Å². The minimum Gasteiger partial charge on any atom is -0.337 e. The fraction of sp³-hybridized carbons (Fsp3) is 0.750. The number of nitrogens with one attached hydrogen (secondary N) is 1. The number of hydrogen-bond donors (Lipinski definition) is 2. The summed E-state index contributed by atoms with van der Waals surface area (Å²) in [5, 5.41) is 7.36. The van der Waals surface area contributed by atoms with E-state index in [1.807, 2.05) is 6.92 Å². The zero-order valence-electron chi connectivity index (χ0n) is 7.21. The van der Waals surface area contributed by atoms with Gasteiger partial charge in [0.25, 0.3) is 0 Å². The zero-order chi connectivity index (χ0) is 9.14. The summed E-state index contributed by atoms with van der Waals surface area (Å²) < 4.78 is 0. The van der Waals surface area contributed by atoms with Gasteiger partial charge < -0.3 is 10.3 Å². The lowest BCUT2D eigenvalue weighted by Crippen LogP contribution is -2.33. The van der Waals surface area contributed by atoms with Crippen molar-refractivity contribution in [3.8, 4) is 0 Å². The summed E-state index contributed by atoms with van der Waals surface area (Å²) >= 11 is 4.07. The second-order valence-corrected chi connectivity index (χ2v) is 3.56. The summed E-state index contributed by atoms with van der Waals surface area (Å²) in [6.45, 7) is 3.12. The summed E-state index contributed by atoms with van der Waals surface area (Å²) in [4.78, 5) is 13.2. The van der Waals surface area contributed by atoms with Gasteiger partial charge in [0, 0.05) is 30.3 Å². The van der Waals surface area contributed by atoms with Crippen molar-refractivity contribution < 1.29 is 4.79 Å². The van der Waals surface area contributed by atoms with E-state index in [1.54, 1.807) is 4.90 Å². The van der Waals surface area contributed by atoms with E-state index in [0.29, 0.717) is 18.0 Å². The largest absolute Gasteiger partial charge is 0.337 e. The van der Waals surface area contributed by atoms with Crippen molar-refractivity contribution in [2.75, 3.05) is 18.8 Å². The summed E-state index contributed by atoms with van der Waals surface area (Å²) in [6.07, 6.45) is 0.741. The summed E-state index contributed by atoms with van der Waals surface area (Å²) in [5.41, 5.74) is 0.662. The van der Waals surface area contributed by atoms with Crippen molar-refractivity contribution in [2.45, 2.75) is 13.3 Å². The predicted molar refractivity (Wildman–Crippen MR) is 51.9 cm³/mol. The molecule has 0 bridgehead atoms. The van der Waals surface area contributed by atoms with Gasteiger partial charge in [-0.1, -0.05) is 6.92 Å². The van der Waals surface area contributed by atoms with Gasteiger partial charge in [-0.15, -0.1) is 0 Å². The molecule has 1 fully saturated rings. The molecule has 1 aliphatic heterocycles. The lowest BCUT2D eigenvalue weighted by Gasteiger charge is -2.18. The number of rotatable bonds is 2. The molecule has 1 atom stereocenters. The van der Waals surface area contributed by atoms with Gasteiger partial charge in [-0.25, -0.2) is 0 Å². The Labute approximate surface area is 78.0 Å². The van der Waals surface area contributed by atoms with Crippen LogP contribution in [0.2, 0.25) is 0 Å². The molecule has 1 rings (SSSR count). The van der Waals surface area contributed by atoms with Gasteiger partial charge in [-0.2, -0.15) is 12.6 Å². The first kappa shape index (κ1) is 9.58. The van der Waals surface area contributed by atoms with Crippen LogP contribution in [-0.4, -0.2) is 35.4 Å². The van der Waals surface area contributed by atoms with Crippen molar-refractivity contribution in [3.05, 3.63) is 0 Å². The highest BCUT2D eigenvalue weighted by molar-refractivity contribution is 7.80. The molecular weight excluding hydrogens is 172 g/mol. The molecule has 0 spiro atoms. The lowest BCUT2D eigenvalue weighted by molar-refractivity contribution is -0.132. The Morgan fingerprint density at radius 2 is 2.50 bits per heavy atom. The van der Waals surface area contributed by atoms with E-state index < -0.39 is 0 Å². The number of carbonyl (C=O) groups is 1. The Bertz CT molecular complexity index is 205. The van der Waals surface area contributed by atoms with Crippen molar-refractivity contribution in [3.63, 3.8) is 0 Å². The summed E-state index contributed by atoms with van der Waals surface area (Å²) in [6, 6.07) is 0. The van der Waals surface area contributed by atoms with Crippen LogP contribution in [0.25, 0.3) is 0 Å². The van der Waals surface area contributed by atoms with Crippen LogP contribution in [0.1, 0.15) is 13.3 Å². The molecule has 0 aromatic carbocycles. The number of carbonyl (C=O) groups excluding carboxylic acids is 1. The zero-order valence-corrected chi connectivity index (χ0v) is 8.10. The van der Waals surface area contributed by atoms with Crippen molar-refractivity contribution in [1.29, 1.82) is 5.41 Å². The van der Waals surface area contributed by atoms with Gasteiger partial charge in [0.15, 0.2) is 0 Å². The Balaban J connectivity index is 2.48. The van der Waals surface area contributed by atoms with E-state index in [4.69, 9.17) is 5.41 Å². The highest BCUT2D eigenvalue weighted by atomic mass is 32.1. The van der Waals surface area contributed by atoms with E-state index >= 15 is 0 Å². The molecule has 68 valence electrons. The second kappa shape index (κ2) is 3.94. The van der Waals surface area contributed by atoms with Gasteiger partial charge in [0.1, 0.15) is 0 Å². The highest BCUT2D eigenvalue weighted by Crippen LogP contribution is 2.10. The topological polar surface area (TPSA) is 44.2 Å². The molecule has 1 heterocycles. The van der Waals surface area contributed by atoms with Gasteiger partial charge in [0.05, 0.1) is 6.54 Å². The van der Waals surface area contributed by atoms with Gasteiger partial charge in [-0.05, 0) is 0 Å². The van der Waals surface area contributed by atoms with Crippen LogP contribution in [0.4, 0.5) is 0 Å². The Kier molecular flexibility index (Phi) is 3.14. The third-order valence-corrected chi connectivity index (χ3v) is 2.62. The minimum atomic E-state index is -0.0146. The third-order valence-electron chi connectivity index (χ3n) is 2.07. The van der Waals surface area contributed by atoms with Gasteiger partial charge >= 0.3 is 0 Å². The fourth-order valence-electron chi connectivity index (χ4n) is 1.24. The number of thiol groups is 1. The van der Waals surface area contributed by atoms with E-state index in [2.05, 4.69) is 12.6 Å². The van der Waals surface area contributed by atoms with Gasteiger partial charge in [0.2, 0.25) is 5.91 Å². The second-order valence-electron chi connectivity index (χ2n) is 3.20. The lowest BCUT2D eigenvalue weighted by atomic mass is 10.2. The van der Waals surface area contributed by atoms with Crippen LogP contribution in [0.3, 0.4) is 0 Å². The molecule has 3 nitrogen and oxygen atoms in total. The molecule has 12 heavy (non-hydrogen) atoms. The number of amides is 1. The molecule has 1 N–H and O–H groups in total. The first-order chi connectivity index (χ1) is 5.65. The molecule has 4 heteroatoms. The summed E-state index contributed by atoms with van der Waals surface area (Å²) in [7, 11) is 0. The quantitative estimate of drug-likeness (QED) is 0.616. The number of hydrogen-bond acceptors (Lipinski definition) is 3. The first-order valence-electron chi connectivity index (χ1n) is 4.11. The van der Waals surface area contributed by atoms with E-state index in [9.17, 15) is 4.79 Å². The smallest absolute Gasteiger partial charge is 0.226 e. The molecule has 1 saturated heterocycles. The molecule has 0 radical (unpaired) electrons. The normalized spacial score (nSPS) is 19.8. The average molecular weight is 186 g/mol. The van der Waals surface area contributed by atoms with Crippen LogP contribution in [0, 0.1) is 11.3 Å². The minimum absolute atomic E-state index is 0.0146. The maximum Gasteiger partial charge on any atom is 0.226 e. The highest BCUT2D eigenvalue weighted by Gasteiger charge is 2.24. The molecule has 1 unspecified atom stereocenters. The predicted octanol–water partition coefficient (Wildman–Crippen LogP) is 0.804. The van der Waals surface area contributed by atoms with E-state index in [1.165, 1.54) is 0 Å². The van der Waals surface area contributed by atoms with Crippen LogP contribution >= 0.6 is 12.6 Å². The number of likely N-dealkylation sites (tertiary alicyclic amines) is 1. The van der Waals surface area contributed by atoms with Crippen molar-refractivity contribution >= 4 is 24.2 Å². The van der Waals surface area contributed by atoms with Crippen LogP contribution in [0.15, 0.2) is 0 Å². The maximum atomic E-state index is 11.5. The van der Waals surface area contributed by atoms with Gasteiger partial charge in [-0.3, -0.25) is 4.79 Å². The van der Waals surface area contributed by atoms with Crippen LogP contribution in [-0.2, 0) is 4.79 Å². The molecule has 0 saturated carbocycles. The maximum absolute atomic E-state index is 11.5. The van der Waals surface area contributed by atoms with Crippen LogP contribution < -0.4 is 0 Å². The SMILES string of the molecule is CC(CS)C(=O)N1CCC(=N)C1. The van der Waals surface area contributed by atoms with Crippen molar-refractivity contribution in [2.24, 2.45) is 5.92 Å². The molecule has 0 aliphatic carbocycles. The molecule has 0 aromatic rings. The molecular formula is C8H14N2OS. The van der Waals surface area contributed by atoms with Crippen molar-refractivity contribution in [1.82, 2.24) is 4.90 Å². The Morgan fingerprint density at radius 1 is 1.83 bits per heavy atom. The molecule has 1 amide bonds. The van der Waals surface area contributed by atoms with E-state index in [0.717, 1.165) is 13.0 Å². The third kappa shape index (κ3) is 2.00. The standard InChI is InChI=1S/C8H14N2OS/c1-6(5-12)8(11)10-3-2-7(9)4-10/h6,9,12H,2-5H2,1H3.